The highest BCUT2D eigenvalue weighted by Gasteiger charge is 2.25. The Hall–Kier alpha value is -2.10. The first-order valence-electron chi connectivity index (χ1n) is 7.86. The Morgan fingerprint density at radius 2 is 1.64 bits per heavy atom. The number of carbonyl (C=O) groups is 1. The second-order valence-electron chi connectivity index (χ2n) is 5.52. The van der Waals surface area contributed by atoms with Gasteiger partial charge in [0.25, 0.3) is 5.91 Å². The van der Waals surface area contributed by atoms with Crippen molar-refractivity contribution in [2.24, 2.45) is 0 Å². The number of halogens is 1. The van der Waals surface area contributed by atoms with Gasteiger partial charge in [-0.25, -0.2) is 9.97 Å². The number of aromatic nitrogens is 2. The van der Waals surface area contributed by atoms with Crippen LogP contribution in [0.2, 0.25) is 0 Å². The van der Waals surface area contributed by atoms with E-state index >= 15 is 0 Å². The lowest BCUT2D eigenvalue weighted by Crippen LogP contribution is -2.49. The molecule has 0 N–H and O–H groups in total. The first kappa shape index (κ1) is 17.7. The molecule has 1 amide bonds. The maximum absolute atomic E-state index is 12.9. The van der Waals surface area contributed by atoms with Crippen molar-refractivity contribution in [1.29, 1.82) is 0 Å². The SMILES string of the molecule is COc1cc(I)c(C(=O)N2CCN(c3ncccn3)CC2)cc1OC. The molecule has 1 aliphatic heterocycles. The number of anilines is 1. The van der Waals surface area contributed by atoms with Gasteiger partial charge < -0.3 is 19.3 Å². The summed E-state index contributed by atoms with van der Waals surface area (Å²) < 4.78 is 11.4. The molecule has 0 radical (unpaired) electrons. The van der Waals surface area contributed by atoms with Crippen molar-refractivity contribution in [2.75, 3.05) is 45.3 Å². The molecule has 0 saturated carbocycles. The quantitative estimate of drug-likeness (QED) is 0.660. The van der Waals surface area contributed by atoms with Crippen LogP contribution >= 0.6 is 22.6 Å². The highest BCUT2D eigenvalue weighted by molar-refractivity contribution is 14.1. The lowest BCUT2D eigenvalue weighted by Gasteiger charge is -2.34. The molecular formula is C17H19IN4O3. The second-order valence-corrected chi connectivity index (χ2v) is 6.68. The summed E-state index contributed by atoms with van der Waals surface area (Å²) >= 11 is 2.15. The van der Waals surface area contributed by atoms with Crippen LogP contribution in [-0.2, 0) is 0 Å². The highest BCUT2D eigenvalue weighted by atomic mass is 127. The van der Waals surface area contributed by atoms with Gasteiger partial charge in [-0.05, 0) is 40.8 Å². The van der Waals surface area contributed by atoms with E-state index in [2.05, 4.69) is 37.5 Å². The first-order chi connectivity index (χ1) is 12.1. The molecule has 1 aliphatic rings. The van der Waals surface area contributed by atoms with Gasteiger partial charge in [0.2, 0.25) is 5.95 Å². The second kappa shape index (κ2) is 7.85. The number of rotatable bonds is 4. The van der Waals surface area contributed by atoms with Crippen molar-refractivity contribution >= 4 is 34.4 Å². The third-order valence-electron chi connectivity index (χ3n) is 4.11. The average molecular weight is 454 g/mol. The number of hydrogen-bond donors (Lipinski definition) is 0. The van der Waals surface area contributed by atoms with Crippen molar-refractivity contribution in [3.8, 4) is 11.5 Å². The lowest BCUT2D eigenvalue weighted by atomic mass is 10.1. The number of carbonyl (C=O) groups excluding carboxylic acids is 1. The molecule has 7 nitrogen and oxygen atoms in total. The van der Waals surface area contributed by atoms with Crippen molar-refractivity contribution < 1.29 is 14.3 Å². The third kappa shape index (κ3) is 3.78. The molecule has 1 fully saturated rings. The summed E-state index contributed by atoms with van der Waals surface area (Å²) in [5, 5.41) is 0. The van der Waals surface area contributed by atoms with Gasteiger partial charge >= 0.3 is 0 Å². The zero-order valence-electron chi connectivity index (χ0n) is 14.1. The molecule has 1 aromatic carbocycles. The number of ether oxygens (including phenoxy) is 2. The predicted molar refractivity (Wildman–Crippen MR) is 102 cm³/mol. The molecular weight excluding hydrogens is 435 g/mol. The Labute approximate surface area is 160 Å². The maximum Gasteiger partial charge on any atom is 0.255 e. The summed E-state index contributed by atoms with van der Waals surface area (Å²) in [5.74, 6) is 1.88. The zero-order chi connectivity index (χ0) is 17.8. The largest absolute Gasteiger partial charge is 0.493 e. The van der Waals surface area contributed by atoms with E-state index in [9.17, 15) is 4.79 Å². The molecule has 25 heavy (non-hydrogen) atoms. The van der Waals surface area contributed by atoms with Crippen LogP contribution in [0.25, 0.3) is 0 Å². The lowest BCUT2D eigenvalue weighted by molar-refractivity contribution is 0.0744. The standard InChI is InChI=1S/C17H19IN4O3/c1-24-14-10-12(13(18)11-15(14)25-2)16(23)21-6-8-22(9-7-21)17-19-4-3-5-20-17/h3-5,10-11H,6-9H2,1-2H3. The van der Waals surface area contributed by atoms with Gasteiger partial charge in [0.1, 0.15) is 0 Å². The van der Waals surface area contributed by atoms with Gasteiger partial charge in [0, 0.05) is 42.1 Å². The van der Waals surface area contributed by atoms with Gasteiger partial charge in [-0.1, -0.05) is 0 Å². The minimum atomic E-state index is -0.000942. The Bertz CT molecular complexity index is 749. The first-order valence-corrected chi connectivity index (χ1v) is 8.94. The molecule has 1 aromatic heterocycles. The molecule has 0 aliphatic carbocycles. The van der Waals surface area contributed by atoms with Crippen LogP contribution in [0.5, 0.6) is 11.5 Å². The molecule has 2 aromatic rings. The summed E-state index contributed by atoms with van der Waals surface area (Å²) in [6, 6.07) is 5.36. The third-order valence-corrected chi connectivity index (χ3v) is 5.00. The topological polar surface area (TPSA) is 67.8 Å². The minimum absolute atomic E-state index is 0.000942. The van der Waals surface area contributed by atoms with Crippen LogP contribution in [0, 0.1) is 3.57 Å². The molecule has 0 unspecified atom stereocenters. The highest BCUT2D eigenvalue weighted by Crippen LogP contribution is 2.32. The van der Waals surface area contributed by atoms with Gasteiger partial charge in [-0.15, -0.1) is 0 Å². The summed E-state index contributed by atoms with van der Waals surface area (Å²) in [7, 11) is 3.15. The minimum Gasteiger partial charge on any atom is -0.493 e. The molecule has 132 valence electrons. The Balaban J connectivity index is 1.73. The van der Waals surface area contributed by atoms with E-state index in [1.807, 2.05) is 11.0 Å². The van der Waals surface area contributed by atoms with Crippen molar-refractivity contribution in [2.45, 2.75) is 0 Å². The van der Waals surface area contributed by atoms with Gasteiger partial charge in [0.15, 0.2) is 11.5 Å². The van der Waals surface area contributed by atoms with E-state index in [1.54, 1.807) is 38.7 Å². The number of methoxy groups -OCH3 is 2. The molecule has 2 heterocycles. The summed E-state index contributed by atoms with van der Waals surface area (Å²) in [6.45, 7) is 2.67. The normalized spacial score (nSPS) is 14.4. The van der Waals surface area contributed by atoms with E-state index in [0.29, 0.717) is 49.2 Å². The van der Waals surface area contributed by atoms with Crippen LogP contribution in [-0.4, -0.2) is 61.2 Å². The van der Waals surface area contributed by atoms with Crippen LogP contribution in [0.15, 0.2) is 30.6 Å². The Kier molecular flexibility index (Phi) is 5.57. The van der Waals surface area contributed by atoms with E-state index in [4.69, 9.17) is 9.47 Å². The molecule has 0 spiro atoms. The van der Waals surface area contributed by atoms with Crippen LogP contribution in [0.3, 0.4) is 0 Å². The van der Waals surface area contributed by atoms with Gasteiger partial charge in [-0.2, -0.15) is 0 Å². The van der Waals surface area contributed by atoms with Crippen molar-refractivity contribution in [3.63, 3.8) is 0 Å². The molecule has 3 rings (SSSR count). The summed E-state index contributed by atoms with van der Waals surface area (Å²) in [5.41, 5.74) is 0.627. The fourth-order valence-electron chi connectivity index (χ4n) is 2.75. The monoisotopic (exact) mass is 454 g/mol. The van der Waals surface area contributed by atoms with Gasteiger partial charge in [0.05, 0.1) is 19.8 Å². The van der Waals surface area contributed by atoms with Crippen molar-refractivity contribution in [1.82, 2.24) is 14.9 Å². The molecule has 1 saturated heterocycles. The molecule has 8 heteroatoms. The number of piperazine rings is 1. The predicted octanol–water partition coefficient (Wildman–Crippen LogP) is 2.06. The van der Waals surface area contributed by atoms with E-state index < -0.39 is 0 Å². The Morgan fingerprint density at radius 1 is 1.04 bits per heavy atom. The van der Waals surface area contributed by atoms with Crippen LogP contribution in [0.4, 0.5) is 5.95 Å². The van der Waals surface area contributed by atoms with Crippen molar-refractivity contribution in [3.05, 3.63) is 39.7 Å². The number of benzene rings is 1. The number of nitrogens with zero attached hydrogens (tertiary/aromatic N) is 4. The maximum atomic E-state index is 12.9. The smallest absolute Gasteiger partial charge is 0.255 e. The fourth-order valence-corrected chi connectivity index (χ4v) is 3.42. The van der Waals surface area contributed by atoms with E-state index in [0.717, 1.165) is 3.57 Å². The molecule has 0 bridgehead atoms. The van der Waals surface area contributed by atoms with Gasteiger partial charge in [-0.3, -0.25) is 4.79 Å². The van der Waals surface area contributed by atoms with E-state index in [-0.39, 0.29) is 5.91 Å². The molecule has 0 atom stereocenters. The number of amides is 1. The zero-order valence-corrected chi connectivity index (χ0v) is 16.3. The number of hydrogen-bond acceptors (Lipinski definition) is 6. The summed E-state index contributed by atoms with van der Waals surface area (Å²) in [6.07, 6.45) is 3.46. The van der Waals surface area contributed by atoms with Crippen LogP contribution < -0.4 is 14.4 Å². The average Bonchev–Trinajstić information content (AvgIpc) is 2.68. The summed E-state index contributed by atoms with van der Waals surface area (Å²) in [4.78, 5) is 25.4. The van der Waals surface area contributed by atoms with Crippen LogP contribution in [0.1, 0.15) is 10.4 Å². The van der Waals surface area contributed by atoms with E-state index in [1.165, 1.54) is 0 Å². The Morgan fingerprint density at radius 3 is 2.24 bits per heavy atom. The fraction of sp³-hybridized carbons (Fsp3) is 0.353.